The lowest BCUT2D eigenvalue weighted by atomic mass is 10.1. The molecule has 5 heteroatoms. The molecule has 1 amide bonds. The summed E-state index contributed by atoms with van der Waals surface area (Å²) in [6, 6.07) is 17.2. The Morgan fingerprint density at radius 3 is 2.67 bits per heavy atom. The molecule has 3 rings (SSSR count). The van der Waals surface area contributed by atoms with Crippen LogP contribution in [0.5, 0.6) is 5.75 Å². The van der Waals surface area contributed by atoms with E-state index in [2.05, 4.69) is 5.32 Å². The molecule has 122 valence electrons. The predicted octanol–water partition coefficient (Wildman–Crippen LogP) is 5.04. The zero-order valence-electron chi connectivity index (χ0n) is 12.9. The highest BCUT2D eigenvalue weighted by atomic mass is 35.5. The Balaban J connectivity index is 1.76. The summed E-state index contributed by atoms with van der Waals surface area (Å²) in [7, 11) is 0. The van der Waals surface area contributed by atoms with E-state index >= 15 is 0 Å². The largest absolute Gasteiger partial charge is 0.480 e. The number of halogens is 2. The second-order valence-electron chi connectivity index (χ2n) is 5.35. The molecule has 0 aliphatic rings. The van der Waals surface area contributed by atoms with E-state index in [4.69, 9.17) is 16.3 Å². The number of benzene rings is 3. The van der Waals surface area contributed by atoms with E-state index in [1.54, 1.807) is 6.92 Å². The normalized spacial score (nSPS) is 12.0. The molecule has 0 aromatic heterocycles. The summed E-state index contributed by atoms with van der Waals surface area (Å²) in [6.45, 7) is 1.65. The summed E-state index contributed by atoms with van der Waals surface area (Å²) in [5.74, 6) is -0.199. The summed E-state index contributed by atoms with van der Waals surface area (Å²) in [4.78, 5) is 12.3. The Labute approximate surface area is 144 Å². The number of carbonyl (C=O) groups excluding carboxylic acids is 1. The van der Waals surface area contributed by atoms with E-state index in [1.807, 2.05) is 42.5 Å². The van der Waals surface area contributed by atoms with Crippen molar-refractivity contribution < 1.29 is 13.9 Å². The summed E-state index contributed by atoms with van der Waals surface area (Å²) >= 11 is 5.92. The van der Waals surface area contributed by atoms with Crippen LogP contribution >= 0.6 is 11.6 Å². The first-order chi connectivity index (χ1) is 11.5. The van der Waals surface area contributed by atoms with Gasteiger partial charge in [-0.05, 0) is 36.6 Å². The van der Waals surface area contributed by atoms with Crippen LogP contribution < -0.4 is 10.1 Å². The van der Waals surface area contributed by atoms with E-state index in [0.29, 0.717) is 11.4 Å². The minimum absolute atomic E-state index is 0.140. The van der Waals surface area contributed by atoms with Crippen molar-refractivity contribution in [1.82, 2.24) is 0 Å². The minimum Gasteiger partial charge on any atom is -0.480 e. The molecule has 0 bridgehead atoms. The molecule has 0 aliphatic heterocycles. The van der Waals surface area contributed by atoms with Gasteiger partial charge in [0.1, 0.15) is 11.6 Å². The Hall–Kier alpha value is -2.59. The summed E-state index contributed by atoms with van der Waals surface area (Å²) in [6.07, 6.45) is -0.739. The van der Waals surface area contributed by atoms with E-state index < -0.39 is 11.9 Å². The van der Waals surface area contributed by atoms with Gasteiger partial charge in [-0.1, -0.05) is 48.0 Å². The first-order valence-corrected chi connectivity index (χ1v) is 7.83. The maximum atomic E-state index is 13.1. The van der Waals surface area contributed by atoms with E-state index in [-0.39, 0.29) is 10.9 Å². The van der Waals surface area contributed by atoms with Crippen LogP contribution in [-0.4, -0.2) is 12.0 Å². The third-order valence-corrected chi connectivity index (χ3v) is 3.92. The van der Waals surface area contributed by atoms with Crippen molar-refractivity contribution >= 4 is 34.0 Å². The number of hydrogen-bond donors (Lipinski definition) is 1. The second-order valence-corrected chi connectivity index (χ2v) is 5.76. The van der Waals surface area contributed by atoms with Gasteiger partial charge in [-0.2, -0.15) is 0 Å². The van der Waals surface area contributed by atoms with Crippen molar-refractivity contribution in [2.45, 2.75) is 13.0 Å². The number of carbonyl (C=O) groups is 1. The number of fused-ring (bicyclic) bond motifs is 1. The number of ether oxygens (including phenoxy) is 1. The zero-order chi connectivity index (χ0) is 17.1. The molecule has 24 heavy (non-hydrogen) atoms. The summed E-state index contributed by atoms with van der Waals surface area (Å²) in [5.41, 5.74) is 0.344. The molecule has 0 fully saturated rings. The molecule has 1 N–H and O–H groups in total. The molecule has 0 heterocycles. The average molecular weight is 344 g/mol. The van der Waals surface area contributed by atoms with E-state index in [0.717, 1.165) is 16.8 Å². The smallest absolute Gasteiger partial charge is 0.265 e. The molecular weight excluding hydrogens is 329 g/mol. The van der Waals surface area contributed by atoms with Gasteiger partial charge < -0.3 is 10.1 Å². The van der Waals surface area contributed by atoms with Gasteiger partial charge in [0.25, 0.3) is 5.91 Å². The number of anilines is 1. The van der Waals surface area contributed by atoms with Crippen molar-refractivity contribution in [3.8, 4) is 5.75 Å². The Kier molecular flexibility index (Phi) is 4.67. The SMILES string of the molecule is C[C@@H](Oc1cccc2ccccc12)C(=O)Nc1ccc(F)cc1Cl. The van der Waals surface area contributed by atoms with Crippen molar-refractivity contribution in [1.29, 1.82) is 0 Å². The molecular formula is C19H15ClFNO2. The number of rotatable bonds is 4. The van der Waals surface area contributed by atoms with Crippen LogP contribution in [0, 0.1) is 5.82 Å². The number of hydrogen-bond acceptors (Lipinski definition) is 2. The van der Waals surface area contributed by atoms with Gasteiger partial charge in [0.15, 0.2) is 6.10 Å². The van der Waals surface area contributed by atoms with Gasteiger partial charge >= 0.3 is 0 Å². The second kappa shape index (κ2) is 6.89. The Morgan fingerprint density at radius 1 is 1.12 bits per heavy atom. The molecule has 0 spiro atoms. The fraction of sp³-hybridized carbons (Fsp3) is 0.105. The Morgan fingerprint density at radius 2 is 1.88 bits per heavy atom. The highest BCUT2D eigenvalue weighted by Gasteiger charge is 2.17. The van der Waals surface area contributed by atoms with Crippen LogP contribution in [0.25, 0.3) is 10.8 Å². The summed E-state index contributed by atoms with van der Waals surface area (Å²) < 4.78 is 18.9. The van der Waals surface area contributed by atoms with Gasteiger partial charge in [0, 0.05) is 5.39 Å². The molecule has 0 saturated carbocycles. The van der Waals surface area contributed by atoms with Gasteiger partial charge in [0.05, 0.1) is 10.7 Å². The average Bonchev–Trinajstić information content (AvgIpc) is 2.57. The molecule has 1 atom stereocenters. The number of amides is 1. The van der Waals surface area contributed by atoms with Crippen molar-refractivity contribution in [2.24, 2.45) is 0 Å². The topological polar surface area (TPSA) is 38.3 Å². The maximum Gasteiger partial charge on any atom is 0.265 e. The van der Waals surface area contributed by atoms with Gasteiger partial charge in [0.2, 0.25) is 0 Å². The van der Waals surface area contributed by atoms with Gasteiger partial charge in [-0.3, -0.25) is 4.79 Å². The van der Waals surface area contributed by atoms with Crippen molar-refractivity contribution in [3.05, 3.63) is 71.5 Å². The zero-order valence-corrected chi connectivity index (χ0v) is 13.7. The maximum absolute atomic E-state index is 13.1. The van der Waals surface area contributed by atoms with Crippen LogP contribution in [0.2, 0.25) is 5.02 Å². The van der Waals surface area contributed by atoms with Crippen LogP contribution in [0.3, 0.4) is 0 Å². The van der Waals surface area contributed by atoms with Crippen LogP contribution in [0.1, 0.15) is 6.92 Å². The lowest BCUT2D eigenvalue weighted by Crippen LogP contribution is -2.30. The van der Waals surface area contributed by atoms with Crippen molar-refractivity contribution in [3.63, 3.8) is 0 Å². The third kappa shape index (κ3) is 3.49. The molecule has 0 radical (unpaired) electrons. The lowest BCUT2D eigenvalue weighted by Gasteiger charge is -2.16. The van der Waals surface area contributed by atoms with E-state index in [1.165, 1.54) is 12.1 Å². The monoisotopic (exact) mass is 343 g/mol. The first kappa shape index (κ1) is 16.3. The Bertz CT molecular complexity index is 892. The minimum atomic E-state index is -0.739. The number of nitrogens with one attached hydrogen (secondary N) is 1. The quantitative estimate of drug-likeness (QED) is 0.720. The molecule has 3 aromatic rings. The standard InChI is InChI=1S/C19H15ClFNO2/c1-12(19(23)22-17-10-9-14(21)11-16(17)20)24-18-8-4-6-13-5-2-3-7-15(13)18/h2-12H,1H3,(H,22,23)/t12-/m1/s1. The third-order valence-electron chi connectivity index (χ3n) is 3.61. The first-order valence-electron chi connectivity index (χ1n) is 7.45. The highest BCUT2D eigenvalue weighted by molar-refractivity contribution is 6.33. The van der Waals surface area contributed by atoms with Crippen LogP contribution in [0.15, 0.2) is 60.7 Å². The fourth-order valence-electron chi connectivity index (χ4n) is 2.37. The van der Waals surface area contributed by atoms with Crippen molar-refractivity contribution in [2.75, 3.05) is 5.32 Å². The molecule has 0 unspecified atom stereocenters. The van der Waals surface area contributed by atoms with E-state index in [9.17, 15) is 9.18 Å². The van der Waals surface area contributed by atoms with Crippen LogP contribution in [-0.2, 0) is 4.79 Å². The van der Waals surface area contributed by atoms with Crippen LogP contribution in [0.4, 0.5) is 10.1 Å². The molecule has 0 aliphatic carbocycles. The predicted molar refractivity (Wildman–Crippen MR) is 94.1 cm³/mol. The molecule has 3 aromatic carbocycles. The molecule has 3 nitrogen and oxygen atoms in total. The molecule has 0 saturated heterocycles. The fourth-order valence-corrected chi connectivity index (χ4v) is 2.58. The summed E-state index contributed by atoms with van der Waals surface area (Å²) in [5, 5.41) is 4.74. The highest BCUT2D eigenvalue weighted by Crippen LogP contribution is 2.27. The van der Waals surface area contributed by atoms with Gasteiger partial charge in [-0.15, -0.1) is 0 Å². The van der Waals surface area contributed by atoms with Gasteiger partial charge in [-0.25, -0.2) is 4.39 Å². The lowest BCUT2D eigenvalue weighted by molar-refractivity contribution is -0.122.